The summed E-state index contributed by atoms with van der Waals surface area (Å²) in [6.45, 7) is 2.14. The van der Waals surface area contributed by atoms with Crippen LogP contribution in [-0.2, 0) is 6.42 Å². The molecular formula is C14H15NO. The maximum Gasteiger partial charge on any atom is 0.126 e. The van der Waals surface area contributed by atoms with Gasteiger partial charge in [0.05, 0.1) is 7.11 Å². The van der Waals surface area contributed by atoms with Crippen molar-refractivity contribution >= 4 is 0 Å². The van der Waals surface area contributed by atoms with E-state index >= 15 is 0 Å². The summed E-state index contributed by atoms with van der Waals surface area (Å²) in [7, 11) is 1.71. The highest BCUT2D eigenvalue weighted by Crippen LogP contribution is 2.30. The second-order valence-electron chi connectivity index (χ2n) is 3.62. The Kier molecular flexibility index (Phi) is 3.20. The Morgan fingerprint density at radius 2 is 1.88 bits per heavy atom. The Morgan fingerprint density at radius 1 is 1.12 bits per heavy atom. The fraction of sp³-hybridized carbons (Fsp3) is 0.214. The first kappa shape index (κ1) is 10.7. The Balaban J connectivity index is 2.49. The van der Waals surface area contributed by atoms with Crippen molar-refractivity contribution in [2.75, 3.05) is 7.11 Å². The maximum atomic E-state index is 5.42. The molecule has 0 saturated carbocycles. The third kappa shape index (κ3) is 2.06. The van der Waals surface area contributed by atoms with E-state index in [1.54, 1.807) is 19.5 Å². The van der Waals surface area contributed by atoms with E-state index in [1.807, 2.05) is 12.1 Å². The Bertz CT molecular complexity index is 465. The summed E-state index contributed by atoms with van der Waals surface area (Å²) in [5.41, 5.74) is 3.53. The van der Waals surface area contributed by atoms with Crippen molar-refractivity contribution in [3.63, 3.8) is 0 Å². The summed E-state index contributed by atoms with van der Waals surface area (Å²) < 4.78 is 5.42. The predicted octanol–water partition coefficient (Wildman–Crippen LogP) is 3.32. The molecule has 2 nitrogen and oxygen atoms in total. The lowest BCUT2D eigenvalue weighted by Gasteiger charge is -2.10. The second-order valence-corrected chi connectivity index (χ2v) is 3.62. The van der Waals surface area contributed by atoms with Crippen LogP contribution in [0.15, 0.2) is 42.7 Å². The lowest BCUT2D eigenvalue weighted by molar-refractivity contribution is 0.416. The first-order valence-corrected chi connectivity index (χ1v) is 5.42. The van der Waals surface area contributed by atoms with Gasteiger partial charge in [-0.05, 0) is 35.7 Å². The molecule has 0 unspecified atom stereocenters. The summed E-state index contributed by atoms with van der Waals surface area (Å²) in [6, 6.07) is 10.3. The van der Waals surface area contributed by atoms with E-state index in [0.717, 1.165) is 23.3 Å². The van der Waals surface area contributed by atoms with Crippen molar-refractivity contribution in [1.82, 2.24) is 4.98 Å². The van der Waals surface area contributed by atoms with Crippen molar-refractivity contribution in [3.05, 3.63) is 48.3 Å². The quantitative estimate of drug-likeness (QED) is 0.780. The van der Waals surface area contributed by atoms with Crippen LogP contribution in [-0.4, -0.2) is 12.1 Å². The summed E-state index contributed by atoms with van der Waals surface area (Å²) in [4.78, 5) is 4.02. The van der Waals surface area contributed by atoms with Gasteiger partial charge in [-0.1, -0.05) is 19.1 Å². The highest BCUT2D eigenvalue weighted by atomic mass is 16.5. The van der Waals surface area contributed by atoms with Crippen LogP contribution in [0.2, 0.25) is 0 Å². The molecule has 2 heteroatoms. The van der Waals surface area contributed by atoms with E-state index in [0.29, 0.717) is 0 Å². The van der Waals surface area contributed by atoms with E-state index in [4.69, 9.17) is 4.74 Å². The Morgan fingerprint density at radius 3 is 2.50 bits per heavy atom. The average Bonchev–Trinajstić information content (AvgIpc) is 2.39. The number of hydrogen-bond acceptors (Lipinski definition) is 2. The van der Waals surface area contributed by atoms with Gasteiger partial charge in [-0.2, -0.15) is 0 Å². The predicted molar refractivity (Wildman–Crippen MR) is 65.6 cm³/mol. The lowest BCUT2D eigenvalue weighted by Crippen LogP contribution is -1.90. The van der Waals surface area contributed by atoms with E-state index in [1.165, 1.54) is 5.56 Å². The molecule has 2 rings (SSSR count). The third-order valence-electron chi connectivity index (χ3n) is 2.67. The van der Waals surface area contributed by atoms with Crippen LogP contribution in [0.4, 0.5) is 0 Å². The first-order chi connectivity index (χ1) is 7.85. The van der Waals surface area contributed by atoms with Crippen molar-refractivity contribution in [2.24, 2.45) is 0 Å². The normalized spacial score (nSPS) is 10.1. The lowest BCUT2D eigenvalue weighted by atomic mass is 10.0. The molecule has 0 N–H and O–H groups in total. The largest absolute Gasteiger partial charge is 0.496 e. The Hall–Kier alpha value is -1.83. The van der Waals surface area contributed by atoms with Gasteiger partial charge in [-0.15, -0.1) is 0 Å². The SMILES string of the molecule is CCc1ccc(-c2ccncc2)c(OC)c1. The number of pyridine rings is 1. The zero-order valence-corrected chi connectivity index (χ0v) is 9.60. The number of nitrogens with zero attached hydrogens (tertiary/aromatic N) is 1. The van der Waals surface area contributed by atoms with Crippen molar-refractivity contribution in [1.29, 1.82) is 0 Å². The van der Waals surface area contributed by atoms with Crippen molar-refractivity contribution in [3.8, 4) is 16.9 Å². The van der Waals surface area contributed by atoms with Crippen LogP contribution in [0.25, 0.3) is 11.1 Å². The van der Waals surface area contributed by atoms with Gasteiger partial charge in [-0.25, -0.2) is 0 Å². The summed E-state index contributed by atoms with van der Waals surface area (Å²) in [5.74, 6) is 0.922. The molecule has 0 aliphatic rings. The van der Waals surface area contributed by atoms with E-state index in [2.05, 4.69) is 30.1 Å². The average molecular weight is 213 g/mol. The van der Waals surface area contributed by atoms with Gasteiger partial charge in [0.15, 0.2) is 0 Å². The molecule has 82 valence electrons. The molecule has 1 aromatic heterocycles. The van der Waals surface area contributed by atoms with Crippen LogP contribution < -0.4 is 4.74 Å². The number of aryl methyl sites for hydroxylation is 1. The smallest absolute Gasteiger partial charge is 0.126 e. The van der Waals surface area contributed by atoms with Crippen LogP contribution in [0, 0.1) is 0 Å². The van der Waals surface area contributed by atoms with Crippen LogP contribution in [0.1, 0.15) is 12.5 Å². The minimum absolute atomic E-state index is 0.922. The van der Waals surface area contributed by atoms with Crippen LogP contribution in [0.3, 0.4) is 0 Å². The van der Waals surface area contributed by atoms with Gasteiger partial charge in [0.1, 0.15) is 5.75 Å². The number of ether oxygens (including phenoxy) is 1. The molecule has 0 spiro atoms. The van der Waals surface area contributed by atoms with Crippen LogP contribution in [0.5, 0.6) is 5.75 Å². The minimum Gasteiger partial charge on any atom is -0.496 e. The molecule has 0 aliphatic carbocycles. The third-order valence-corrected chi connectivity index (χ3v) is 2.67. The molecule has 0 amide bonds. The Labute approximate surface area is 95.9 Å². The number of hydrogen-bond donors (Lipinski definition) is 0. The zero-order chi connectivity index (χ0) is 11.4. The topological polar surface area (TPSA) is 22.1 Å². The van der Waals surface area contributed by atoms with E-state index in [-0.39, 0.29) is 0 Å². The zero-order valence-electron chi connectivity index (χ0n) is 9.60. The number of aromatic nitrogens is 1. The highest BCUT2D eigenvalue weighted by Gasteiger charge is 2.05. The van der Waals surface area contributed by atoms with Crippen molar-refractivity contribution in [2.45, 2.75) is 13.3 Å². The number of rotatable bonds is 3. The molecule has 0 bridgehead atoms. The van der Waals surface area contributed by atoms with E-state index < -0.39 is 0 Å². The second kappa shape index (κ2) is 4.79. The monoisotopic (exact) mass is 213 g/mol. The van der Waals surface area contributed by atoms with Gasteiger partial charge < -0.3 is 4.74 Å². The first-order valence-electron chi connectivity index (χ1n) is 5.42. The molecule has 16 heavy (non-hydrogen) atoms. The minimum atomic E-state index is 0.922. The number of methoxy groups -OCH3 is 1. The molecular weight excluding hydrogens is 198 g/mol. The molecule has 1 heterocycles. The fourth-order valence-electron chi connectivity index (χ4n) is 1.73. The molecule has 1 aromatic carbocycles. The van der Waals surface area contributed by atoms with Crippen LogP contribution >= 0.6 is 0 Å². The molecule has 0 radical (unpaired) electrons. The summed E-state index contributed by atoms with van der Waals surface area (Å²) in [6.07, 6.45) is 4.61. The van der Waals surface area contributed by atoms with Gasteiger partial charge in [-0.3, -0.25) is 4.98 Å². The molecule has 0 aliphatic heterocycles. The highest BCUT2D eigenvalue weighted by molar-refractivity contribution is 5.70. The van der Waals surface area contributed by atoms with Gasteiger partial charge in [0, 0.05) is 18.0 Å². The van der Waals surface area contributed by atoms with Gasteiger partial charge in [0.2, 0.25) is 0 Å². The summed E-state index contributed by atoms with van der Waals surface area (Å²) in [5, 5.41) is 0. The number of benzene rings is 1. The molecule has 2 aromatic rings. The fourth-order valence-corrected chi connectivity index (χ4v) is 1.73. The summed E-state index contributed by atoms with van der Waals surface area (Å²) >= 11 is 0. The molecule has 0 fully saturated rings. The van der Waals surface area contributed by atoms with Gasteiger partial charge >= 0.3 is 0 Å². The van der Waals surface area contributed by atoms with E-state index in [9.17, 15) is 0 Å². The standard InChI is InChI=1S/C14H15NO/c1-3-11-4-5-13(14(10-11)16-2)12-6-8-15-9-7-12/h4-10H,3H2,1-2H3. The molecule has 0 atom stereocenters. The van der Waals surface area contributed by atoms with Crippen molar-refractivity contribution < 1.29 is 4.74 Å². The molecule has 0 saturated heterocycles. The maximum absolute atomic E-state index is 5.42. The van der Waals surface area contributed by atoms with Gasteiger partial charge in [0.25, 0.3) is 0 Å².